The van der Waals surface area contributed by atoms with Crippen LogP contribution in [-0.4, -0.2) is 71.0 Å². The Balaban J connectivity index is 3.31. The summed E-state index contributed by atoms with van der Waals surface area (Å²) in [6, 6.07) is 4.50. The van der Waals surface area contributed by atoms with Crippen LogP contribution < -0.4 is 11.0 Å². The van der Waals surface area contributed by atoms with Crippen molar-refractivity contribution < 1.29 is 4.42 Å². The maximum atomic E-state index is 6.64. The van der Waals surface area contributed by atoms with E-state index in [4.69, 9.17) is 4.42 Å². The van der Waals surface area contributed by atoms with E-state index in [0.29, 0.717) is 0 Å². The third-order valence-electron chi connectivity index (χ3n) is 4.96. The number of furan rings is 1. The van der Waals surface area contributed by atoms with Crippen molar-refractivity contribution in [2.24, 2.45) is 0 Å². The molecule has 1 aromatic heterocycles. The van der Waals surface area contributed by atoms with Gasteiger partial charge in [-0.05, 0) is 12.1 Å². The van der Waals surface area contributed by atoms with Crippen molar-refractivity contribution >= 4 is 27.4 Å². The summed E-state index contributed by atoms with van der Waals surface area (Å²) in [6.45, 7) is 26.4. The van der Waals surface area contributed by atoms with Crippen LogP contribution in [0.4, 0.5) is 0 Å². The summed E-state index contributed by atoms with van der Waals surface area (Å²) in [7, 11) is -1.14. The highest BCUT2D eigenvalue weighted by Crippen LogP contribution is 2.46. The minimum atomic E-state index is -0.569. The first kappa shape index (κ1) is 25.0. The van der Waals surface area contributed by atoms with Gasteiger partial charge in [0.25, 0.3) is 0 Å². The Bertz CT molecular complexity index is 431. The van der Waals surface area contributed by atoms with E-state index in [0.717, 1.165) is 63.4 Å². The second-order valence-electron chi connectivity index (χ2n) is 6.25. The minimum absolute atomic E-state index is 0.569. The van der Waals surface area contributed by atoms with Gasteiger partial charge in [-0.15, -0.1) is 0 Å². The lowest BCUT2D eigenvalue weighted by atomic mass is 10.7. The Hall–Kier alpha value is -0.0200. The lowest BCUT2D eigenvalue weighted by Gasteiger charge is -2.37. The molecular formula is C20H42N4OP2. The third-order valence-corrected chi connectivity index (χ3v) is 10.6. The van der Waals surface area contributed by atoms with Crippen molar-refractivity contribution in [3.63, 3.8) is 0 Å². The van der Waals surface area contributed by atoms with Gasteiger partial charge in [-0.25, -0.2) is 0 Å². The van der Waals surface area contributed by atoms with Crippen LogP contribution in [0.5, 0.6) is 0 Å². The maximum absolute atomic E-state index is 6.64. The summed E-state index contributed by atoms with van der Waals surface area (Å²) in [5.41, 5.74) is 2.30. The van der Waals surface area contributed by atoms with Crippen LogP contribution >= 0.6 is 16.4 Å². The molecular weight excluding hydrogens is 374 g/mol. The monoisotopic (exact) mass is 416 g/mol. The topological polar surface area (TPSA) is 26.1 Å². The highest BCUT2D eigenvalue weighted by Gasteiger charge is 2.31. The molecule has 1 heterocycles. The Labute approximate surface area is 170 Å². The summed E-state index contributed by atoms with van der Waals surface area (Å²) in [4.78, 5) is 0. The van der Waals surface area contributed by atoms with E-state index in [1.54, 1.807) is 0 Å². The molecule has 0 N–H and O–H groups in total. The van der Waals surface area contributed by atoms with Gasteiger partial charge in [0.2, 0.25) is 0 Å². The van der Waals surface area contributed by atoms with E-state index >= 15 is 0 Å². The van der Waals surface area contributed by atoms with Gasteiger partial charge in [-0.3, -0.25) is 18.7 Å². The van der Waals surface area contributed by atoms with Gasteiger partial charge < -0.3 is 4.42 Å². The zero-order valence-electron chi connectivity index (χ0n) is 18.9. The van der Waals surface area contributed by atoms with Crippen molar-refractivity contribution in [3.05, 3.63) is 12.1 Å². The fourth-order valence-electron chi connectivity index (χ4n) is 3.41. The van der Waals surface area contributed by atoms with Gasteiger partial charge in [-0.1, -0.05) is 55.4 Å². The first-order valence-corrected chi connectivity index (χ1v) is 13.2. The zero-order chi connectivity index (χ0) is 20.4. The molecule has 0 atom stereocenters. The van der Waals surface area contributed by atoms with Crippen molar-refractivity contribution in [1.82, 2.24) is 18.7 Å². The number of rotatable bonds is 14. The number of hydrogen-bond acceptors (Lipinski definition) is 5. The highest BCUT2D eigenvalue weighted by atomic mass is 31.1. The molecule has 0 aliphatic carbocycles. The lowest BCUT2D eigenvalue weighted by Crippen LogP contribution is -2.35. The minimum Gasteiger partial charge on any atom is -0.451 e. The lowest BCUT2D eigenvalue weighted by molar-refractivity contribution is 0.418. The molecule has 0 radical (unpaired) electrons. The SMILES string of the molecule is CCN(CC)P(c1ccc(P(N(CC)CC)N(CC)CC)o1)N(CC)CC. The molecule has 0 amide bonds. The molecule has 0 aliphatic heterocycles. The molecule has 5 nitrogen and oxygen atoms in total. The van der Waals surface area contributed by atoms with Crippen LogP contribution in [0.3, 0.4) is 0 Å². The molecule has 0 fully saturated rings. The molecule has 0 aromatic carbocycles. The molecule has 0 bridgehead atoms. The number of hydrogen-bond donors (Lipinski definition) is 0. The predicted molar refractivity (Wildman–Crippen MR) is 124 cm³/mol. The molecule has 0 spiro atoms. The first-order chi connectivity index (χ1) is 13.1. The van der Waals surface area contributed by atoms with Crippen LogP contribution in [0.1, 0.15) is 55.4 Å². The molecule has 1 rings (SSSR count). The van der Waals surface area contributed by atoms with E-state index in [-0.39, 0.29) is 0 Å². The van der Waals surface area contributed by atoms with E-state index in [1.807, 2.05) is 0 Å². The summed E-state index contributed by atoms with van der Waals surface area (Å²) in [5.74, 6) is 0. The average Bonchev–Trinajstić information content (AvgIpc) is 3.17. The zero-order valence-corrected chi connectivity index (χ0v) is 20.7. The van der Waals surface area contributed by atoms with Crippen LogP contribution in [-0.2, 0) is 0 Å². The van der Waals surface area contributed by atoms with Gasteiger partial charge in [0.15, 0.2) is 11.0 Å². The van der Waals surface area contributed by atoms with Crippen LogP contribution in [0.2, 0.25) is 0 Å². The van der Waals surface area contributed by atoms with E-state index in [9.17, 15) is 0 Å². The Kier molecular flexibility index (Phi) is 12.3. The summed E-state index contributed by atoms with van der Waals surface area (Å²) >= 11 is 0. The van der Waals surface area contributed by atoms with Gasteiger partial charge in [0, 0.05) is 52.4 Å². The normalized spacial score (nSPS) is 12.7. The van der Waals surface area contributed by atoms with E-state index < -0.39 is 16.4 Å². The van der Waals surface area contributed by atoms with Crippen molar-refractivity contribution in [1.29, 1.82) is 0 Å². The summed E-state index contributed by atoms with van der Waals surface area (Å²) in [5, 5.41) is 0. The fraction of sp³-hybridized carbons (Fsp3) is 0.800. The van der Waals surface area contributed by atoms with E-state index in [2.05, 4.69) is 86.2 Å². The largest absolute Gasteiger partial charge is 0.451 e. The average molecular weight is 417 g/mol. The van der Waals surface area contributed by atoms with Crippen molar-refractivity contribution in [3.8, 4) is 0 Å². The molecule has 27 heavy (non-hydrogen) atoms. The van der Waals surface area contributed by atoms with Gasteiger partial charge in [-0.2, -0.15) is 0 Å². The number of nitrogens with zero attached hydrogens (tertiary/aromatic N) is 4. The quantitative estimate of drug-likeness (QED) is 0.416. The van der Waals surface area contributed by atoms with Crippen LogP contribution in [0.25, 0.3) is 0 Å². The van der Waals surface area contributed by atoms with Gasteiger partial charge in [0.05, 0.1) is 0 Å². The Morgan fingerprint density at radius 1 is 0.519 bits per heavy atom. The molecule has 1 aromatic rings. The summed E-state index contributed by atoms with van der Waals surface area (Å²) in [6.07, 6.45) is 0. The fourth-order valence-corrected chi connectivity index (χ4v) is 8.24. The van der Waals surface area contributed by atoms with Gasteiger partial charge in [0.1, 0.15) is 16.4 Å². The molecule has 0 saturated heterocycles. The Morgan fingerprint density at radius 3 is 0.926 bits per heavy atom. The Morgan fingerprint density at radius 2 is 0.741 bits per heavy atom. The smallest absolute Gasteiger partial charge is 0.157 e. The van der Waals surface area contributed by atoms with Crippen LogP contribution in [0.15, 0.2) is 16.5 Å². The molecule has 7 heteroatoms. The van der Waals surface area contributed by atoms with Crippen molar-refractivity contribution in [2.45, 2.75) is 55.4 Å². The molecule has 0 unspecified atom stereocenters. The second-order valence-corrected chi connectivity index (χ2v) is 10.5. The van der Waals surface area contributed by atoms with E-state index in [1.165, 1.54) is 0 Å². The predicted octanol–water partition coefficient (Wildman–Crippen LogP) is 4.52. The van der Waals surface area contributed by atoms with Crippen molar-refractivity contribution in [2.75, 3.05) is 52.4 Å². The first-order valence-electron chi connectivity index (χ1n) is 10.8. The highest BCUT2D eigenvalue weighted by molar-refractivity contribution is 7.61. The molecule has 0 aliphatic rings. The summed E-state index contributed by atoms with van der Waals surface area (Å²) < 4.78 is 16.9. The standard InChI is InChI=1S/C20H42N4OP2/c1-9-21(10-2)26(22(11-3)12-4)19-17-18-20(25-19)27(23(13-5)14-6)24(15-7)16-8/h17-18H,9-16H2,1-8H3. The maximum Gasteiger partial charge on any atom is 0.157 e. The molecule has 0 saturated carbocycles. The third kappa shape index (κ3) is 6.23. The molecule has 158 valence electrons. The van der Waals surface area contributed by atoms with Gasteiger partial charge >= 0.3 is 0 Å². The van der Waals surface area contributed by atoms with Crippen LogP contribution in [0, 0.1) is 0 Å². The second kappa shape index (κ2) is 13.2.